The third-order valence-corrected chi connectivity index (χ3v) is 5.79. The molecule has 1 heterocycles. The summed E-state index contributed by atoms with van der Waals surface area (Å²) in [5, 5.41) is 2.78. The van der Waals surface area contributed by atoms with Crippen molar-refractivity contribution >= 4 is 21.6 Å². The van der Waals surface area contributed by atoms with Crippen LogP contribution in [0.25, 0.3) is 0 Å². The minimum atomic E-state index is -3.64. The van der Waals surface area contributed by atoms with Crippen molar-refractivity contribution in [1.82, 2.24) is 4.72 Å². The normalized spacial score (nSPS) is 16.7. The average Bonchev–Trinajstić information content (AvgIpc) is 3.21. The van der Waals surface area contributed by atoms with Crippen molar-refractivity contribution in [2.24, 2.45) is 0 Å². The van der Waals surface area contributed by atoms with Gasteiger partial charge in [-0.1, -0.05) is 6.07 Å². The lowest BCUT2D eigenvalue weighted by molar-refractivity contribution is 0.102. The number of benzene rings is 2. The predicted molar refractivity (Wildman–Crippen MR) is 106 cm³/mol. The minimum absolute atomic E-state index is 0.0766. The standard InChI is InChI=1S/C20H24N2O5S/c1-2-26-17-6-3-5-16(13-17)22-20(23)15-8-10-19(11-9-15)28(24,25)21-14-18-7-4-12-27-18/h3,5-6,8-11,13,18,21H,2,4,7,12,14H2,1H3,(H,22,23)/t18-/m0/s1. The lowest BCUT2D eigenvalue weighted by Gasteiger charge is -2.12. The smallest absolute Gasteiger partial charge is 0.255 e. The molecule has 1 amide bonds. The van der Waals surface area contributed by atoms with E-state index in [9.17, 15) is 13.2 Å². The highest BCUT2D eigenvalue weighted by Crippen LogP contribution is 2.19. The molecule has 1 fully saturated rings. The molecule has 3 rings (SSSR count). The number of ether oxygens (including phenoxy) is 2. The van der Waals surface area contributed by atoms with Crippen LogP contribution in [0, 0.1) is 0 Å². The molecule has 0 spiro atoms. The number of nitrogens with one attached hydrogen (secondary N) is 2. The topological polar surface area (TPSA) is 93.7 Å². The van der Waals surface area contributed by atoms with Crippen molar-refractivity contribution in [3.63, 3.8) is 0 Å². The van der Waals surface area contributed by atoms with Crippen molar-refractivity contribution in [3.05, 3.63) is 54.1 Å². The zero-order chi connectivity index (χ0) is 20.0. The van der Waals surface area contributed by atoms with E-state index in [1.165, 1.54) is 24.3 Å². The zero-order valence-electron chi connectivity index (χ0n) is 15.7. The maximum absolute atomic E-state index is 12.4. The summed E-state index contributed by atoms with van der Waals surface area (Å²) in [6, 6.07) is 12.9. The van der Waals surface area contributed by atoms with Gasteiger partial charge in [0.2, 0.25) is 10.0 Å². The quantitative estimate of drug-likeness (QED) is 0.706. The highest BCUT2D eigenvalue weighted by atomic mass is 32.2. The Hall–Kier alpha value is -2.42. The van der Waals surface area contributed by atoms with E-state index in [0.717, 1.165) is 12.8 Å². The second kappa shape index (κ2) is 9.18. The molecule has 8 heteroatoms. The number of rotatable bonds is 8. The van der Waals surface area contributed by atoms with Gasteiger partial charge in [-0.05, 0) is 56.2 Å². The molecule has 0 aromatic heterocycles. The molecule has 2 aromatic carbocycles. The first-order valence-corrected chi connectivity index (χ1v) is 10.7. The van der Waals surface area contributed by atoms with Gasteiger partial charge in [-0.3, -0.25) is 4.79 Å². The van der Waals surface area contributed by atoms with Gasteiger partial charge in [0.1, 0.15) is 5.75 Å². The van der Waals surface area contributed by atoms with E-state index in [1.807, 2.05) is 13.0 Å². The first kappa shape index (κ1) is 20.3. The van der Waals surface area contributed by atoms with Gasteiger partial charge in [0.25, 0.3) is 5.91 Å². The average molecular weight is 404 g/mol. The Morgan fingerprint density at radius 2 is 2.00 bits per heavy atom. The fraction of sp³-hybridized carbons (Fsp3) is 0.350. The van der Waals surface area contributed by atoms with E-state index in [1.54, 1.807) is 18.2 Å². The SMILES string of the molecule is CCOc1cccc(NC(=O)c2ccc(S(=O)(=O)NC[C@@H]3CCCO3)cc2)c1. The lowest BCUT2D eigenvalue weighted by Crippen LogP contribution is -2.31. The van der Waals surface area contributed by atoms with Gasteiger partial charge in [0.05, 0.1) is 17.6 Å². The van der Waals surface area contributed by atoms with Gasteiger partial charge in [-0.2, -0.15) is 0 Å². The molecule has 0 bridgehead atoms. The van der Waals surface area contributed by atoms with Crippen molar-refractivity contribution in [2.75, 3.05) is 25.1 Å². The van der Waals surface area contributed by atoms with Crippen molar-refractivity contribution in [3.8, 4) is 5.75 Å². The number of carbonyl (C=O) groups excluding carboxylic acids is 1. The zero-order valence-corrected chi connectivity index (χ0v) is 16.5. The van der Waals surface area contributed by atoms with E-state index >= 15 is 0 Å². The predicted octanol–water partition coefficient (Wildman–Crippen LogP) is 2.79. The van der Waals surface area contributed by atoms with Gasteiger partial charge in [0, 0.05) is 30.5 Å². The second-order valence-corrected chi connectivity index (χ2v) is 8.19. The molecule has 1 saturated heterocycles. The van der Waals surface area contributed by atoms with Gasteiger partial charge in [0.15, 0.2) is 0 Å². The summed E-state index contributed by atoms with van der Waals surface area (Å²) in [6.07, 6.45) is 1.72. The van der Waals surface area contributed by atoms with Gasteiger partial charge < -0.3 is 14.8 Å². The van der Waals surface area contributed by atoms with E-state index in [0.29, 0.717) is 30.2 Å². The summed E-state index contributed by atoms with van der Waals surface area (Å²) in [5.41, 5.74) is 0.964. The Bertz CT molecular complexity index is 906. The van der Waals surface area contributed by atoms with Crippen molar-refractivity contribution in [1.29, 1.82) is 0 Å². The Labute approximate surface area is 165 Å². The molecule has 2 aromatic rings. The van der Waals surface area contributed by atoms with Crippen LogP contribution in [0.1, 0.15) is 30.1 Å². The molecule has 0 radical (unpaired) electrons. The van der Waals surface area contributed by atoms with Crippen LogP contribution in [0.5, 0.6) is 5.75 Å². The Morgan fingerprint density at radius 1 is 1.21 bits per heavy atom. The van der Waals surface area contributed by atoms with E-state index in [-0.39, 0.29) is 23.5 Å². The number of hydrogen-bond acceptors (Lipinski definition) is 5. The molecule has 150 valence electrons. The Balaban J connectivity index is 1.62. The molecule has 1 atom stereocenters. The Kier molecular flexibility index (Phi) is 6.66. The van der Waals surface area contributed by atoms with Crippen LogP contribution in [-0.4, -0.2) is 40.2 Å². The summed E-state index contributed by atoms with van der Waals surface area (Å²) in [5.74, 6) is 0.337. The van der Waals surface area contributed by atoms with E-state index in [2.05, 4.69) is 10.0 Å². The summed E-state index contributed by atoms with van der Waals surface area (Å²) < 4.78 is 38.2. The maximum atomic E-state index is 12.4. The fourth-order valence-corrected chi connectivity index (χ4v) is 3.98. The first-order chi connectivity index (χ1) is 13.5. The third kappa shape index (κ3) is 5.31. The van der Waals surface area contributed by atoms with Crippen LogP contribution in [0.2, 0.25) is 0 Å². The van der Waals surface area contributed by atoms with Gasteiger partial charge in [-0.25, -0.2) is 13.1 Å². The van der Waals surface area contributed by atoms with Gasteiger partial charge >= 0.3 is 0 Å². The van der Waals surface area contributed by atoms with Crippen LogP contribution < -0.4 is 14.8 Å². The Morgan fingerprint density at radius 3 is 2.68 bits per heavy atom. The molecule has 0 saturated carbocycles. The molecule has 28 heavy (non-hydrogen) atoms. The largest absolute Gasteiger partial charge is 0.494 e. The molecular weight excluding hydrogens is 380 g/mol. The van der Waals surface area contributed by atoms with Crippen LogP contribution in [0.3, 0.4) is 0 Å². The van der Waals surface area contributed by atoms with Crippen molar-refractivity contribution < 1.29 is 22.7 Å². The molecule has 7 nitrogen and oxygen atoms in total. The number of anilines is 1. The van der Waals surface area contributed by atoms with Crippen molar-refractivity contribution in [2.45, 2.75) is 30.8 Å². The molecule has 2 N–H and O–H groups in total. The molecular formula is C20H24N2O5S. The van der Waals surface area contributed by atoms with Crippen LogP contribution in [0.15, 0.2) is 53.4 Å². The van der Waals surface area contributed by atoms with Crippen LogP contribution in [0.4, 0.5) is 5.69 Å². The molecule has 0 aliphatic carbocycles. The highest BCUT2D eigenvalue weighted by molar-refractivity contribution is 7.89. The summed E-state index contributed by atoms with van der Waals surface area (Å²) in [4.78, 5) is 12.5. The number of hydrogen-bond donors (Lipinski definition) is 2. The van der Waals surface area contributed by atoms with E-state index < -0.39 is 10.0 Å². The summed E-state index contributed by atoms with van der Waals surface area (Å²) >= 11 is 0. The van der Waals surface area contributed by atoms with Crippen LogP contribution in [-0.2, 0) is 14.8 Å². The number of carbonyl (C=O) groups is 1. The molecule has 1 aliphatic heterocycles. The fourth-order valence-electron chi connectivity index (χ4n) is 2.91. The molecule has 0 unspecified atom stereocenters. The third-order valence-electron chi connectivity index (χ3n) is 4.35. The monoisotopic (exact) mass is 404 g/mol. The lowest BCUT2D eigenvalue weighted by atomic mass is 10.2. The maximum Gasteiger partial charge on any atom is 0.255 e. The minimum Gasteiger partial charge on any atom is -0.494 e. The summed E-state index contributed by atoms with van der Waals surface area (Å²) in [7, 11) is -3.64. The second-order valence-electron chi connectivity index (χ2n) is 6.43. The van der Waals surface area contributed by atoms with E-state index in [4.69, 9.17) is 9.47 Å². The van der Waals surface area contributed by atoms with Crippen LogP contribution >= 0.6 is 0 Å². The van der Waals surface area contributed by atoms with Gasteiger partial charge in [-0.15, -0.1) is 0 Å². The number of amides is 1. The molecule has 1 aliphatic rings. The highest BCUT2D eigenvalue weighted by Gasteiger charge is 2.20. The first-order valence-electron chi connectivity index (χ1n) is 9.23. The number of sulfonamides is 1. The summed E-state index contributed by atoms with van der Waals surface area (Å²) in [6.45, 7) is 3.34.